The molecule has 0 aliphatic carbocycles. The third kappa shape index (κ3) is 5.58. The van der Waals surface area contributed by atoms with Crippen LogP contribution in [0.15, 0.2) is 24.3 Å². The second-order valence-corrected chi connectivity index (χ2v) is 9.57. The number of aromatic nitrogens is 2. The molecular weight excluding hydrogens is 438 g/mol. The van der Waals surface area contributed by atoms with E-state index in [1.165, 1.54) is 12.8 Å². The normalized spacial score (nSPS) is 17.8. The van der Waals surface area contributed by atoms with E-state index in [-0.39, 0.29) is 11.8 Å². The lowest BCUT2D eigenvalue weighted by molar-refractivity contribution is -0.132. The number of likely N-dealkylation sites (tertiary alicyclic amines) is 1. The van der Waals surface area contributed by atoms with Crippen molar-refractivity contribution in [1.29, 1.82) is 0 Å². The van der Waals surface area contributed by atoms with Gasteiger partial charge in [-0.25, -0.2) is 0 Å². The maximum absolute atomic E-state index is 13.3. The third-order valence-corrected chi connectivity index (χ3v) is 7.22. The standard InChI is InChI=1S/C25H34ClN5O2/c1-19-24(20(2)31(27-19)17-21-9-5-6-10-22(21)26)25(33)30-15-13-28(14-16-30)18-23(32)29-11-7-3-4-8-12-29/h5-6,9-10H,3-4,7-8,11-18H2,1-2H3. The Morgan fingerprint density at radius 2 is 1.58 bits per heavy atom. The molecule has 1 aromatic carbocycles. The molecule has 0 bridgehead atoms. The van der Waals surface area contributed by atoms with Gasteiger partial charge in [-0.2, -0.15) is 5.10 Å². The molecule has 0 spiro atoms. The second kappa shape index (κ2) is 10.7. The van der Waals surface area contributed by atoms with Gasteiger partial charge in [-0.3, -0.25) is 19.2 Å². The van der Waals surface area contributed by atoms with Gasteiger partial charge in [-0.1, -0.05) is 42.6 Å². The number of rotatable bonds is 5. The van der Waals surface area contributed by atoms with E-state index >= 15 is 0 Å². The molecule has 0 saturated carbocycles. The van der Waals surface area contributed by atoms with Gasteiger partial charge in [-0.05, 0) is 38.3 Å². The number of carbonyl (C=O) groups excluding carboxylic acids is 2. The van der Waals surface area contributed by atoms with E-state index in [0.29, 0.717) is 36.8 Å². The molecule has 4 rings (SSSR count). The van der Waals surface area contributed by atoms with E-state index in [1.807, 2.05) is 52.6 Å². The molecule has 8 heteroatoms. The summed E-state index contributed by atoms with van der Waals surface area (Å²) in [5, 5.41) is 5.32. The van der Waals surface area contributed by atoms with Gasteiger partial charge in [0.05, 0.1) is 24.3 Å². The lowest BCUT2D eigenvalue weighted by Crippen LogP contribution is -2.51. The summed E-state index contributed by atoms with van der Waals surface area (Å²) in [6.07, 6.45) is 4.66. The van der Waals surface area contributed by atoms with Crippen molar-refractivity contribution in [2.75, 3.05) is 45.8 Å². The molecule has 0 atom stereocenters. The highest BCUT2D eigenvalue weighted by Gasteiger charge is 2.28. The predicted molar refractivity (Wildman–Crippen MR) is 130 cm³/mol. The van der Waals surface area contributed by atoms with E-state index in [1.54, 1.807) is 0 Å². The van der Waals surface area contributed by atoms with Gasteiger partial charge in [0.1, 0.15) is 0 Å². The topological polar surface area (TPSA) is 61.7 Å². The van der Waals surface area contributed by atoms with Crippen molar-refractivity contribution >= 4 is 23.4 Å². The summed E-state index contributed by atoms with van der Waals surface area (Å²) in [5.74, 6) is 0.248. The van der Waals surface area contributed by atoms with Crippen LogP contribution in [-0.2, 0) is 11.3 Å². The summed E-state index contributed by atoms with van der Waals surface area (Å²) in [4.78, 5) is 32.1. The van der Waals surface area contributed by atoms with Gasteiger partial charge in [0.15, 0.2) is 0 Å². The molecule has 2 aliphatic heterocycles. The average Bonchev–Trinajstić information content (AvgIpc) is 2.98. The van der Waals surface area contributed by atoms with Crippen molar-refractivity contribution in [3.8, 4) is 0 Å². The van der Waals surface area contributed by atoms with Crippen molar-refractivity contribution in [3.05, 3.63) is 51.8 Å². The monoisotopic (exact) mass is 471 g/mol. The number of halogens is 1. The lowest BCUT2D eigenvalue weighted by atomic mass is 10.1. The molecule has 0 N–H and O–H groups in total. The molecule has 7 nitrogen and oxygen atoms in total. The number of nitrogens with zero attached hydrogens (tertiary/aromatic N) is 5. The third-order valence-electron chi connectivity index (χ3n) is 6.85. The van der Waals surface area contributed by atoms with Crippen molar-refractivity contribution in [3.63, 3.8) is 0 Å². The largest absolute Gasteiger partial charge is 0.342 e. The van der Waals surface area contributed by atoms with Crippen molar-refractivity contribution < 1.29 is 9.59 Å². The molecule has 2 aliphatic rings. The summed E-state index contributed by atoms with van der Waals surface area (Å²) in [6, 6.07) is 7.71. The van der Waals surface area contributed by atoms with Crippen LogP contribution in [0.1, 0.15) is 53.0 Å². The summed E-state index contributed by atoms with van der Waals surface area (Å²) in [6.45, 7) is 9.28. The van der Waals surface area contributed by atoms with Gasteiger partial charge in [0.2, 0.25) is 5.91 Å². The first-order chi connectivity index (χ1) is 15.9. The van der Waals surface area contributed by atoms with Gasteiger partial charge in [0.25, 0.3) is 5.91 Å². The molecule has 2 saturated heterocycles. The Balaban J connectivity index is 1.35. The van der Waals surface area contributed by atoms with E-state index in [0.717, 1.165) is 56.0 Å². The summed E-state index contributed by atoms with van der Waals surface area (Å²) in [5.41, 5.74) is 3.25. The van der Waals surface area contributed by atoms with Crippen LogP contribution in [-0.4, -0.2) is 82.1 Å². The zero-order valence-corrected chi connectivity index (χ0v) is 20.5. The molecule has 3 heterocycles. The number of amides is 2. The Kier molecular flexibility index (Phi) is 7.71. The number of piperazine rings is 1. The average molecular weight is 472 g/mol. The second-order valence-electron chi connectivity index (χ2n) is 9.16. The lowest BCUT2D eigenvalue weighted by Gasteiger charge is -2.35. The van der Waals surface area contributed by atoms with Crippen LogP contribution >= 0.6 is 11.6 Å². The molecule has 2 aromatic rings. The number of hydrogen-bond donors (Lipinski definition) is 0. The highest BCUT2D eigenvalue weighted by molar-refractivity contribution is 6.31. The van der Waals surface area contributed by atoms with Crippen LogP contribution in [0, 0.1) is 13.8 Å². The maximum Gasteiger partial charge on any atom is 0.257 e. The molecule has 0 radical (unpaired) electrons. The van der Waals surface area contributed by atoms with Gasteiger partial charge in [0, 0.05) is 50.0 Å². The Hall–Kier alpha value is -2.38. The summed E-state index contributed by atoms with van der Waals surface area (Å²) >= 11 is 6.32. The van der Waals surface area contributed by atoms with Crippen molar-refractivity contribution in [2.24, 2.45) is 0 Å². The van der Waals surface area contributed by atoms with Crippen LogP contribution in [0.3, 0.4) is 0 Å². The fourth-order valence-electron chi connectivity index (χ4n) is 4.83. The summed E-state index contributed by atoms with van der Waals surface area (Å²) in [7, 11) is 0. The van der Waals surface area contributed by atoms with Crippen LogP contribution in [0.25, 0.3) is 0 Å². The van der Waals surface area contributed by atoms with Gasteiger partial charge < -0.3 is 9.80 Å². The molecule has 2 fully saturated rings. The molecule has 0 unspecified atom stereocenters. The predicted octanol–water partition coefficient (Wildman–Crippen LogP) is 3.36. The fourth-order valence-corrected chi connectivity index (χ4v) is 5.02. The molecule has 2 amide bonds. The number of aryl methyl sites for hydroxylation is 1. The Morgan fingerprint density at radius 3 is 2.24 bits per heavy atom. The Morgan fingerprint density at radius 1 is 0.909 bits per heavy atom. The SMILES string of the molecule is Cc1nn(Cc2ccccc2Cl)c(C)c1C(=O)N1CCN(CC(=O)N2CCCCCC2)CC1. The van der Waals surface area contributed by atoms with E-state index < -0.39 is 0 Å². The minimum Gasteiger partial charge on any atom is -0.342 e. The highest BCUT2D eigenvalue weighted by Crippen LogP contribution is 2.21. The zero-order valence-electron chi connectivity index (χ0n) is 19.7. The molecule has 178 valence electrons. The Bertz CT molecular complexity index is 989. The zero-order chi connectivity index (χ0) is 23.4. The van der Waals surface area contributed by atoms with Crippen molar-refractivity contribution in [1.82, 2.24) is 24.5 Å². The number of carbonyl (C=O) groups is 2. The molecular formula is C25H34ClN5O2. The van der Waals surface area contributed by atoms with Crippen molar-refractivity contribution in [2.45, 2.75) is 46.1 Å². The first kappa shape index (κ1) is 23.8. The van der Waals surface area contributed by atoms with Crippen LogP contribution in [0.5, 0.6) is 0 Å². The van der Waals surface area contributed by atoms with Gasteiger partial charge >= 0.3 is 0 Å². The van der Waals surface area contributed by atoms with E-state index in [9.17, 15) is 9.59 Å². The minimum absolute atomic E-state index is 0.0221. The van der Waals surface area contributed by atoms with E-state index in [2.05, 4.69) is 10.00 Å². The van der Waals surface area contributed by atoms with Gasteiger partial charge in [-0.15, -0.1) is 0 Å². The fraction of sp³-hybridized carbons (Fsp3) is 0.560. The highest BCUT2D eigenvalue weighted by atomic mass is 35.5. The maximum atomic E-state index is 13.3. The van der Waals surface area contributed by atoms with Crippen LogP contribution < -0.4 is 0 Å². The number of benzene rings is 1. The Labute approximate surface area is 201 Å². The smallest absolute Gasteiger partial charge is 0.257 e. The molecule has 33 heavy (non-hydrogen) atoms. The van der Waals surface area contributed by atoms with Crippen LogP contribution in [0.4, 0.5) is 0 Å². The van der Waals surface area contributed by atoms with Crippen LogP contribution in [0.2, 0.25) is 5.02 Å². The minimum atomic E-state index is 0.0221. The first-order valence-corrected chi connectivity index (χ1v) is 12.4. The molecule has 1 aromatic heterocycles. The first-order valence-electron chi connectivity index (χ1n) is 12.0. The summed E-state index contributed by atoms with van der Waals surface area (Å²) < 4.78 is 1.86. The number of hydrogen-bond acceptors (Lipinski definition) is 4. The van der Waals surface area contributed by atoms with E-state index in [4.69, 9.17) is 11.6 Å². The quantitative estimate of drug-likeness (QED) is 0.670.